The van der Waals surface area contributed by atoms with Gasteiger partial charge in [-0.2, -0.15) is 0 Å². The number of carbonyl (C=O) groups excluding carboxylic acids is 1. The van der Waals surface area contributed by atoms with E-state index in [1.165, 1.54) is 11.3 Å². The average molecular weight is 392 g/mol. The number of nitrogens with one attached hydrogen (secondary N) is 2. The van der Waals surface area contributed by atoms with Crippen LogP contribution in [0.5, 0.6) is 0 Å². The van der Waals surface area contributed by atoms with Gasteiger partial charge in [0, 0.05) is 15.4 Å². The Bertz CT molecular complexity index is 769. The number of furan rings is 1. The largest absolute Gasteiger partial charge is 0.468 e. The number of carbonyl (C=O) groups is 1. The van der Waals surface area contributed by atoms with Crippen LogP contribution in [-0.4, -0.2) is 17.4 Å². The number of halogens is 1. The lowest BCUT2D eigenvalue weighted by molar-refractivity contribution is -0.115. The third-order valence-electron chi connectivity index (χ3n) is 3.06. The summed E-state index contributed by atoms with van der Waals surface area (Å²) < 4.78 is 6.21. The molecule has 118 valence electrons. The van der Waals surface area contributed by atoms with E-state index in [-0.39, 0.29) is 12.5 Å². The fourth-order valence-electron chi connectivity index (χ4n) is 1.96. The van der Waals surface area contributed by atoms with E-state index < -0.39 is 0 Å². The molecule has 0 bridgehead atoms. The van der Waals surface area contributed by atoms with E-state index >= 15 is 0 Å². The Morgan fingerprint density at radius 1 is 1.26 bits per heavy atom. The Labute approximate surface area is 145 Å². The third-order valence-corrected chi connectivity index (χ3v) is 4.34. The summed E-state index contributed by atoms with van der Waals surface area (Å²) in [7, 11) is 0. The monoisotopic (exact) mass is 391 g/mol. The lowest BCUT2D eigenvalue weighted by atomic mass is 10.2. The smallest absolute Gasteiger partial charge is 0.240 e. The number of amides is 1. The van der Waals surface area contributed by atoms with Gasteiger partial charge in [-0.1, -0.05) is 28.1 Å². The molecule has 23 heavy (non-hydrogen) atoms. The molecule has 0 saturated heterocycles. The molecule has 0 aliphatic heterocycles. The van der Waals surface area contributed by atoms with Gasteiger partial charge in [0.1, 0.15) is 5.76 Å². The molecule has 2 aromatic heterocycles. The van der Waals surface area contributed by atoms with Gasteiger partial charge in [-0.15, -0.1) is 11.3 Å². The van der Waals surface area contributed by atoms with Crippen molar-refractivity contribution in [1.29, 1.82) is 0 Å². The fourth-order valence-corrected chi connectivity index (χ4v) is 2.96. The van der Waals surface area contributed by atoms with E-state index in [2.05, 4.69) is 31.5 Å². The van der Waals surface area contributed by atoms with Crippen molar-refractivity contribution in [3.63, 3.8) is 0 Å². The van der Waals surface area contributed by atoms with Gasteiger partial charge >= 0.3 is 0 Å². The maximum absolute atomic E-state index is 11.9. The van der Waals surface area contributed by atoms with Crippen molar-refractivity contribution in [3.05, 3.63) is 58.3 Å². The Morgan fingerprint density at radius 3 is 2.83 bits per heavy atom. The quantitative estimate of drug-likeness (QED) is 0.668. The number of hydrogen-bond acceptors (Lipinski definition) is 5. The van der Waals surface area contributed by atoms with Crippen LogP contribution >= 0.6 is 27.3 Å². The molecule has 0 atom stereocenters. The number of hydrogen-bond donors (Lipinski definition) is 2. The van der Waals surface area contributed by atoms with Crippen LogP contribution in [0.25, 0.3) is 11.3 Å². The molecule has 0 unspecified atom stereocenters. The second-order valence-corrected chi connectivity index (χ2v) is 6.55. The second kappa shape index (κ2) is 7.54. The second-order valence-electron chi connectivity index (χ2n) is 4.78. The molecule has 1 aromatic carbocycles. The third kappa shape index (κ3) is 4.51. The summed E-state index contributed by atoms with van der Waals surface area (Å²) in [5.41, 5.74) is 1.86. The number of thiazole rings is 1. The highest BCUT2D eigenvalue weighted by atomic mass is 79.9. The first kappa shape index (κ1) is 15.9. The zero-order chi connectivity index (χ0) is 16.1. The highest BCUT2D eigenvalue weighted by Crippen LogP contribution is 2.25. The van der Waals surface area contributed by atoms with Crippen LogP contribution < -0.4 is 10.6 Å². The van der Waals surface area contributed by atoms with Crippen LogP contribution in [-0.2, 0) is 11.3 Å². The number of nitrogens with zero attached hydrogens (tertiary/aromatic N) is 1. The van der Waals surface area contributed by atoms with E-state index in [0.29, 0.717) is 11.7 Å². The molecule has 1 amide bonds. The van der Waals surface area contributed by atoms with Crippen molar-refractivity contribution < 1.29 is 9.21 Å². The lowest BCUT2D eigenvalue weighted by Gasteiger charge is -2.03. The maximum Gasteiger partial charge on any atom is 0.240 e. The van der Waals surface area contributed by atoms with Crippen LogP contribution in [0.1, 0.15) is 5.76 Å². The number of anilines is 1. The predicted octanol–water partition coefficient (Wildman–Crippen LogP) is 3.89. The molecule has 0 aliphatic carbocycles. The first-order valence-electron chi connectivity index (χ1n) is 6.95. The normalized spacial score (nSPS) is 10.7. The topological polar surface area (TPSA) is 67.2 Å². The molecule has 3 aromatic rings. The van der Waals surface area contributed by atoms with Crippen LogP contribution in [0.15, 0.2) is 56.9 Å². The van der Waals surface area contributed by atoms with Gasteiger partial charge in [0.25, 0.3) is 0 Å². The summed E-state index contributed by atoms with van der Waals surface area (Å²) >= 11 is 4.81. The van der Waals surface area contributed by atoms with Gasteiger partial charge in [-0.3, -0.25) is 4.79 Å². The SMILES string of the molecule is O=C(CNCc1ccco1)Nc1nc(-c2ccc(Br)cc2)cs1. The Morgan fingerprint density at radius 2 is 2.09 bits per heavy atom. The van der Waals surface area contributed by atoms with E-state index in [4.69, 9.17) is 4.42 Å². The highest BCUT2D eigenvalue weighted by Gasteiger charge is 2.08. The standard InChI is InChI=1S/C16H14BrN3O2S/c17-12-5-3-11(4-6-12)14-10-23-16(19-14)20-15(21)9-18-8-13-2-1-7-22-13/h1-7,10,18H,8-9H2,(H,19,20,21). The number of benzene rings is 1. The average Bonchev–Trinajstić information content (AvgIpc) is 3.20. The molecular weight excluding hydrogens is 378 g/mol. The summed E-state index contributed by atoms with van der Waals surface area (Å²) in [5.74, 6) is 0.665. The highest BCUT2D eigenvalue weighted by molar-refractivity contribution is 9.10. The van der Waals surface area contributed by atoms with E-state index in [1.807, 2.05) is 41.8 Å². The van der Waals surface area contributed by atoms with E-state index in [0.717, 1.165) is 21.5 Å². The van der Waals surface area contributed by atoms with Crippen LogP contribution in [0.2, 0.25) is 0 Å². The predicted molar refractivity (Wildman–Crippen MR) is 94.3 cm³/mol. The van der Waals surface area contributed by atoms with Gasteiger partial charge in [0.15, 0.2) is 5.13 Å². The fraction of sp³-hybridized carbons (Fsp3) is 0.125. The molecule has 0 radical (unpaired) electrons. The van der Waals surface area contributed by atoms with Crippen molar-refractivity contribution in [2.75, 3.05) is 11.9 Å². The molecule has 0 fully saturated rings. The molecule has 7 heteroatoms. The Kier molecular flexibility index (Phi) is 5.22. The number of rotatable bonds is 6. The zero-order valence-corrected chi connectivity index (χ0v) is 14.5. The summed E-state index contributed by atoms with van der Waals surface area (Å²) in [6, 6.07) is 11.6. The van der Waals surface area contributed by atoms with Gasteiger partial charge in [0.05, 0.1) is 25.0 Å². The van der Waals surface area contributed by atoms with Gasteiger partial charge in [-0.25, -0.2) is 4.98 Å². The van der Waals surface area contributed by atoms with Gasteiger partial charge in [0.2, 0.25) is 5.91 Å². The number of aromatic nitrogens is 1. The maximum atomic E-state index is 11.9. The molecule has 0 saturated carbocycles. The van der Waals surface area contributed by atoms with E-state index in [1.54, 1.807) is 6.26 Å². The molecule has 0 spiro atoms. The minimum atomic E-state index is -0.131. The molecule has 5 nitrogen and oxygen atoms in total. The molecular formula is C16H14BrN3O2S. The molecule has 2 N–H and O–H groups in total. The summed E-state index contributed by atoms with van der Waals surface area (Å²) in [5, 5.41) is 8.32. The van der Waals surface area contributed by atoms with Crippen LogP contribution in [0.4, 0.5) is 5.13 Å². The summed E-state index contributed by atoms with van der Waals surface area (Å²) in [4.78, 5) is 16.3. The Balaban J connectivity index is 1.52. The lowest BCUT2D eigenvalue weighted by Crippen LogP contribution is -2.27. The minimum absolute atomic E-state index is 0.131. The van der Waals surface area contributed by atoms with E-state index in [9.17, 15) is 4.79 Å². The first-order valence-corrected chi connectivity index (χ1v) is 8.62. The minimum Gasteiger partial charge on any atom is -0.468 e. The molecule has 0 aliphatic rings. The molecule has 3 rings (SSSR count). The van der Waals surface area contributed by atoms with Gasteiger partial charge < -0.3 is 15.1 Å². The van der Waals surface area contributed by atoms with Gasteiger partial charge in [-0.05, 0) is 24.3 Å². The Hall–Kier alpha value is -1.96. The van der Waals surface area contributed by atoms with Crippen LogP contribution in [0.3, 0.4) is 0 Å². The first-order chi connectivity index (χ1) is 11.2. The molecule has 2 heterocycles. The van der Waals surface area contributed by atoms with Crippen molar-refractivity contribution in [1.82, 2.24) is 10.3 Å². The summed E-state index contributed by atoms with van der Waals surface area (Å²) in [6.07, 6.45) is 1.61. The van der Waals surface area contributed by atoms with Crippen LogP contribution in [0, 0.1) is 0 Å². The van der Waals surface area contributed by atoms with Crippen molar-refractivity contribution in [2.24, 2.45) is 0 Å². The summed E-state index contributed by atoms with van der Waals surface area (Å²) in [6.45, 7) is 0.719. The zero-order valence-electron chi connectivity index (χ0n) is 12.1. The van der Waals surface area contributed by atoms with Crippen molar-refractivity contribution in [3.8, 4) is 11.3 Å². The van der Waals surface area contributed by atoms with Crippen molar-refractivity contribution >= 4 is 38.3 Å². The van der Waals surface area contributed by atoms with Crippen molar-refractivity contribution in [2.45, 2.75) is 6.54 Å².